The van der Waals surface area contributed by atoms with Crippen molar-refractivity contribution in [3.63, 3.8) is 0 Å². The van der Waals surface area contributed by atoms with Gasteiger partial charge in [-0.2, -0.15) is 0 Å². The molecule has 1 aromatic rings. The van der Waals surface area contributed by atoms with Crippen molar-refractivity contribution in [3.8, 4) is 0 Å². The maximum atomic E-state index is 3.95. The van der Waals surface area contributed by atoms with E-state index >= 15 is 0 Å². The van der Waals surface area contributed by atoms with Gasteiger partial charge in [0, 0.05) is 6.04 Å². The highest BCUT2D eigenvalue weighted by Crippen LogP contribution is 2.03. The molecule has 1 heterocycles. The summed E-state index contributed by atoms with van der Waals surface area (Å²) in [5.74, 6) is 0.892. The van der Waals surface area contributed by atoms with Gasteiger partial charge in [-0.05, 0) is 24.3 Å². The lowest BCUT2D eigenvalue weighted by Crippen LogP contribution is -2.24. The van der Waals surface area contributed by atoms with Crippen molar-refractivity contribution in [2.45, 2.75) is 46.3 Å². The normalized spacial score (nSPS) is 11.5. The van der Waals surface area contributed by atoms with Gasteiger partial charge in [0.2, 0.25) is 0 Å². The molecule has 74 valence electrons. The predicted octanol–water partition coefficient (Wildman–Crippen LogP) is 0.752. The lowest BCUT2D eigenvalue weighted by atomic mass is 10.3. The fraction of sp³-hybridized carbons (Fsp3) is 0.875. The molecule has 13 heavy (non-hydrogen) atoms. The number of aromatic nitrogens is 4. The molecule has 0 spiro atoms. The molecule has 0 bridgehead atoms. The van der Waals surface area contributed by atoms with Crippen LogP contribution in [0.3, 0.4) is 0 Å². The molecule has 0 unspecified atom stereocenters. The molecule has 0 aliphatic carbocycles. The first-order valence-corrected chi connectivity index (χ1v) is 4.61. The number of rotatable bonds is 4. The van der Waals surface area contributed by atoms with Gasteiger partial charge in [-0.3, -0.25) is 0 Å². The van der Waals surface area contributed by atoms with Gasteiger partial charge in [-0.25, -0.2) is 4.68 Å². The Balaban J connectivity index is 2.60. The van der Waals surface area contributed by atoms with Crippen molar-refractivity contribution in [2.24, 2.45) is 0 Å². The second-order valence-electron chi connectivity index (χ2n) is 3.67. The van der Waals surface area contributed by atoms with E-state index in [-0.39, 0.29) is 0 Å². The van der Waals surface area contributed by atoms with Crippen LogP contribution in [0.25, 0.3) is 0 Å². The lowest BCUT2D eigenvalue weighted by molar-refractivity contribution is 0.471. The molecule has 1 N–H and O–H groups in total. The van der Waals surface area contributed by atoms with E-state index < -0.39 is 0 Å². The molecule has 0 fully saturated rings. The largest absolute Gasteiger partial charge is 0.308 e. The van der Waals surface area contributed by atoms with Crippen LogP contribution in [0.4, 0.5) is 0 Å². The monoisotopic (exact) mass is 183 g/mol. The standard InChI is InChI=1S/C8H17N5/c1-6(2)9-5-8-10-11-12-13(8)7(3)4/h6-7,9H,5H2,1-4H3. The minimum Gasteiger partial charge on any atom is -0.308 e. The highest BCUT2D eigenvalue weighted by atomic mass is 15.5. The Morgan fingerprint density at radius 3 is 2.54 bits per heavy atom. The van der Waals surface area contributed by atoms with Crippen molar-refractivity contribution in [1.29, 1.82) is 0 Å². The summed E-state index contributed by atoms with van der Waals surface area (Å²) in [6.45, 7) is 9.06. The van der Waals surface area contributed by atoms with Crippen LogP contribution in [0.5, 0.6) is 0 Å². The van der Waals surface area contributed by atoms with Crippen LogP contribution >= 0.6 is 0 Å². The summed E-state index contributed by atoms with van der Waals surface area (Å²) < 4.78 is 1.83. The third kappa shape index (κ3) is 2.77. The first-order valence-electron chi connectivity index (χ1n) is 4.61. The van der Waals surface area contributed by atoms with E-state index in [9.17, 15) is 0 Å². The Morgan fingerprint density at radius 2 is 2.00 bits per heavy atom. The van der Waals surface area contributed by atoms with Crippen molar-refractivity contribution >= 4 is 0 Å². The molecule has 0 saturated heterocycles. The summed E-state index contributed by atoms with van der Waals surface area (Å²) in [4.78, 5) is 0. The van der Waals surface area contributed by atoms with Gasteiger partial charge in [-0.15, -0.1) is 5.10 Å². The fourth-order valence-corrected chi connectivity index (χ4v) is 1.03. The predicted molar refractivity (Wildman–Crippen MR) is 50.2 cm³/mol. The Hall–Kier alpha value is -0.970. The van der Waals surface area contributed by atoms with E-state index in [4.69, 9.17) is 0 Å². The molecular weight excluding hydrogens is 166 g/mol. The first kappa shape index (κ1) is 10.1. The van der Waals surface area contributed by atoms with Crippen LogP contribution in [-0.2, 0) is 6.54 Å². The van der Waals surface area contributed by atoms with Gasteiger partial charge in [0.05, 0.1) is 12.6 Å². The number of nitrogens with one attached hydrogen (secondary N) is 1. The summed E-state index contributed by atoms with van der Waals surface area (Å²) in [6.07, 6.45) is 0. The van der Waals surface area contributed by atoms with Crippen molar-refractivity contribution in [2.75, 3.05) is 0 Å². The molecule has 5 heteroatoms. The van der Waals surface area contributed by atoms with E-state index in [1.165, 1.54) is 0 Å². The van der Waals surface area contributed by atoms with E-state index in [2.05, 4.69) is 48.5 Å². The van der Waals surface area contributed by atoms with Crippen molar-refractivity contribution in [3.05, 3.63) is 5.82 Å². The van der Waals surface area contributed by atoms with Crippen LogP contribution < -0.4 is 5.32 Å². The molecule has 1 rings (SSSR count). The third-order valence-corrected chi connectivity index (χ3v) is 1.72. The van der Waals surface area contributed by atoms with Gasteiger partial charge in [0.15, 0.2) is 5.82 Å². The Labute approximate surface area is 78.5 Å². The summed E-state index contributed by atoms with van der Waals surface area (Å²) >= 11 is 0. The highest BCUT2D eigenvalue weighted by molar-refractivity contribution is 4.82. The first-order chi connectivity index (χ1) is 6.11. The summed E-state index contributed by atoms with van der Waals surface area (Å²) in [5.41, 5.74) is 0. The minimum absolute atomic E-state index is 0.318. The van der Waals surface area contributed by atoms with Gasteiger partial charge in [-0.1, -0.05) is 13.8 Å². The van der Waals surface area contributed by atoms with Crippen LogP contribution in [0.1, 0.15) is 39.6 Å². The Morgan fingerprint density at radius 1 is 1.31 bits per heavy atom. The SMILES string of the molecule is CC(C)NCc1nnnn1C(C)C. The molecule has 0 aromatic carbocycles. The highest BCUT2D eigenvalue weighted by Gasteiger charge is 2.08. The van der Waals surface area contributed by atoms with Gasteiger partial charge in [0.1, 0.15) is 0 Å². The van der Waals surface area contributed by atoms with Crippen molar-refractivity contribution in [1.82, 2.24) is 25.5 Å². The van der Waals surface area contributed by atoms with Crippen LogP contribution in [0.2, 0.25) is 0 Å². The van der Waals surface area contributed by atoms with E-state index in [0.29, 0.717) is 12.1 Å². The van der Waals surface area contributed by atoms with Crippen LogP contribution in [-0.4, -0.2) is 26.2 Å². The summed E-state index contributed by atoms with van der Waals surface area (Å²) in [6, 6.07) is 0.774. The zero-order valence-corrected chi connectivity index (χ0v) is 8.65. The van der Waals surface area contributed by atoms with Gasteiger partial charge in [0.25, 0.3) is 0 Å². The maximum absolute atomic E-state index is 3.95. The molecule has 0 aliphatic heterocycles. The topological polar surface area (TPSA) is 55.6 Å². The second-order valence-corrected chi connectivity index (χ2v) is 3.67. The van der Waals surface area contributed by atoms with E-state index in [0.717, 1.165) is 12.4 Å². The molecule has 5 nitrogen and oxygen atoms in total. The Kier molecular flexibility index (Phi) is 3.36. The average molecular weight is 183 g/mol. The Bertz CT molecular complexity index is 253. The fourth-order valence-electron chi connectivity index (χ4n) is 1.03. The maximum Gasteiger partial charge on any atom is 0.165 e. The number of hydrogen-bond acceptors (Lipinski definition) is 4. The number of nitrogens with zero attached hydrogens (tertiary/aromatic N) is 4. The molecule has 0 aliphatic rings. The summed E-state index contributed by atoms with van der Waals surface area (Å²) in [7, 11) is 0. The van der Waals surface area contributed by atoms with Gasteiger partial charge < -0.3 is 5.32 Å². The minimum atomic E-state index is 0.318. The van der Waals surface area contributed by atoms with Crippen molar-refractivity contribution < 1.29 is 0 Å². The molecule has 0 saturated carbocycles. The molecule has 0 radical (unpaired) electrons. The second kappa shape index (κ2) is 4.32. The van der Waals surface area contributed by atoms with Crippen LogP contribution in [0, 0.1) is 0 Å². The van der Waals surface area contributed by atoms with E-state index in [1.54, 1.807) is 0 Å². The van der Waals surface area contributed by atoms with Gasteiger partial charge >= 0.3 is 0 Å². The smallest absolute Gasteiger partial charge is 0.165 e. The molecular formula is C8H17N5. The molecule has 0 amide bonds. The van der Waals surface area contributed by atoms with E-state index in [1.807, 2.05) is 4.68 Å². The lowest BCUT2D eigenvalue weighted by Gasteiger charge is -2.10. The van der Waals surface area contributed by atoms with Crippen LogP contribution in [0.15, 0.2) is 0 Å². The molecule has 0 atom stereocenters. The number of tetrazole rings is 1. The summed E-state index contributed by atoms with van der Waals surface area (Å²) in [5, 5.41) is 14.8. The average Bonchev–Trinajstić information content (AvgIpc) is 2.47. The zero-order chi connectivity index (χ0) is 9.84. The quantitative estimate of drug-likeness (QED) is 0.748. The third-order valence-electron chi connectivity index (χ3n) is 1.72. The molecule has 1 aromatic heterocycles. The number of hydrogen-bond donors (Lipinski definition) is 1. The zero-order valence-electron chi connectivity index (χ0n) is 8.65.